The van der Waals surface area contributed by atoms with Crippen molar-refractivity contribution in [3.8, 4) is 0 Å². The third kappa shape index (κ3) is 1.37. The Morgan fingerprint density at radius 1 is 1.46 bits per heavy atom. The van der Waals surface area contributed by atoms with Crippen molar-refractivity contribution in [1.82, 2.24) is 19.8 Å². The van der Waals surface area contributed by atoms with Gasteiger partial charge in [-0.15, -0.1) is 9.73 Å². The van der Waals surface area contributed by atoms with Crippen molar-refractivity contribution in [1.29, 1.82) is 0 Å². The molecule has 0 N–H and O–H groups in total. The Morgan fingerprint density at radius 3 is 2.85 bits per heavy atom. The molecule has 0 unspecified atom stereocenters. The van der Waals surface area contributed by atoms with Gasteiger partial charge in [0.2, 0.25) is 0 Å². The van der Waals surface area contributed by atoms with Gasteiger partial charge < -0.3 is 0 Å². The number of aromatic nitrogens is 4. The molecule has 13 heavy (non-hydrogen) atoms. The van der Waals surface area contributed by atoms with Crippen LogP contribution in [0.4, 0.5) is 0 Å². The molecule has 2 aromatic rings. The first-order valence-corrected chi connectivity index (χ1v) is 4.42. The van der Waals surface area contributed by atoms with Gasteiger partial charge in [0, 0.05) is 0 Å². The second kappa shape index (κ2) is 2.96. The molecule has 0 aliphatic heterocycles. The molecule has 4 nitrogen and oxygen atoms in total. The first-order chi connectivity index (χ1) is 6.18. The van der Waals surface area contributed by atoms with Crippen LogP contribution in [0.25, 0.3) is 5.52 Å². The lowest BCUT2D eigenvalue weighted by atomic mass is 10.1. The van der Waals surface area contributed by atoms with Crippen LogP contribution in [0.2, 0.25) is 5.15 Å². The summed E-state index contributed by atoms with van der Waals surface area (Å²) < 4.78 is 1.50. The summed E-state index contributed by atoms with van der Waals surface area (Å²) in [7, 11) is 0. The molecule has 0 atom stereocenters. The van der Waals surface area contributed by atoms with Crippen molar-refractivity contribution >= 4 is 17.1 Å². The molecule has 5 heteroatoms. The Morgan fingerprint density at radius 2 is 2.23 bits per heavy atom. The molecule has 68 valence electrons. The van der Waals surface area contributed by atoms with Gasteiger partial charge in [0.25, 0.3) is 0 Å². The quantitative estimate of drug-likeness (QED) is 0.700. The first kappa shape index (κ1) is 8.44. The smallest absolute Gasteiger partial charge is 0.158 e. The monoisotopic (exact) mass is 196 g/mol. The van der Waals surface area contributed by atoms with E-state index in [1.807, 2.05) is 6.07 Å². The molecule has 2 rings (SSSR count). The van der Waals surface area contributed by atoms with Crippen LogP contribution in [-0.2, 0) is 0 Å². The normalized spacial score (nSPS) is 11.4. The molecule has 0 saturated heterocycles. The van der Waals surface area contributed by atoms with Crippen LogP contribution >= 0.6 is 11.6 Å². The summed E-state index contributed by atoms with van der Waals surface area (Å²) in [6, 6.07) is 1.91. The average Bonchev–Trinajstić information content (AvgIpc) is 2.49. The molecule has 0 aromatic carbocycles. The SMILES string of the molecule is CC(C)c1cc2c(Cl)ncnn2n1. The third-order valence-corrected chi connectivity index (χ3v) is 2.14. The minimum atomic E-state index is 0.373. The van der Waals surface area contributed by atoms with E-state index in [0.29, 0.717) is 11.1 Å². The standard InChI is InChI=1S/C8H9ClN4/c1-5(2)6-3-7-8(9)10-4-11-13(7)12-6/h3-5H,1-2H3. The highest BCUT2D eigenvalue weighted by atomic mass is 35.5. The number of hydrogen-bond acceptors (Lipinski definition) is 3. The molecule has 0 bridgehead atoms. The highest BCUT2D eigenvalue weighted by molar-refractivity contribution is 6.32. The molecule has 0 aliphatic rings. The predicted octanol–water partition coefficient (Wildman–Crippen LogP) is 1.90. The average molecular weight is 197 g/mol. The predicted molar refractivity (Wildman–Crippen MR) is 49.9 cm³/mol. The maximum atomic E-state index is 5.86. The first-order valence-electron chi connectivity index (χ1n) is 4.05. The molecule has 2 aromatic heterocycles. The summed E-state index contributed by atoms with van der Waals surface area (Å²) in [5.74, 6) is 0.373. The highest BCUT2D eigenvalue weighted by Gasteiger charge is 2.08. The Bertz CT molecular complexity index is 435. The van der Waals surface area contributed by atoms with E-state index in [2.05, 4.69) is 29.0 Å². The summed E-state index contributed by atoms with van der Waals surface area (Å²) >= 11 is 5.86. The fourth-order valence-corrected chi connectivity index (χ4v) is 1.27. The summed E-state index contributed by atoms with van der Waals surface area (Å²) in [5.41, 5.74) is 1.73. The molecular weight excluding hydrogens is 188 g/mol. The summed E-state index contributed by atoms with van der Waals surface area (Å²) in [6.07, 6.45) is 1.40. The van der Waals surface area contributed by atoms with Crippen LogP contribution in [0.1, 0.15) is 25.5 Å². The second-order valence-electron chi connectivity index (χ2n) is 3.15. The van der Waals surface area contributed by atoms with Crippen LogP contribution in [-0.4, -0.2) is 19.8 Å². The lowest BCUT2D eigenvalue weighted by Crippen LogP contribution is -1.96. The minimum Gasteiger partial charge on any atom is -0.220 e. The van der Waals surface area contributed by atoms with Crippen molar-refractivity contribution in [2.24, 2.45) is 0 Å². The summed E-state index contributed by atoms with van der Waals surface area (Å²) in [6.45, 7) is 4.15. The van der Waals surface area contributed by atoms with E-state index in [1.54, 1.807) is 0 Å². The Balaban J connectivity index is 2.68. The molecule has 0 spiro atoms. The van der Waals surface area contributed by atoms with Crippen LogP contribution in [0, 0.1) is 0 Å². The van der Waals surface area contributed by atoms with Gasteiger partial charge in [-0.05, 0) is 12.0 Å². The van der Waals surface area contributed by atoms with Crippen molar-refractivity contribution in [3.63, 3.8) is 0 Å². The molecule has 2 heterocycles. The lowest BCUT2D eigenvalue weighted by molar-refractivity contribution is 0.725. The maximum Gasteiger partial charge on any atom is 0.158 e. The van der Waals surface area contributed by atoms with E-state index in [0.717, 1.165) is 11.2 Å². The molecule has 0 fully saturated rings. The van der Waals surface area contributed by atoms with Crippen LogP contribution in [0.15, 0.2) is 12.4 Å². The zero-order valence-electron chi connectivity index (χ0n) is 7.40. The second-order valence-corrected chi connectivity index (χ2v) is 3.51. The Labute approximate surface area is 80.5 Å². The van der Waals surface area contributed by atoms with Crippen LogP contribution in [0.5, 0.6) is 0 Å². The van der Waals surface area contributed by atoms with Crippen molar-refractivity contribution in [2.45, 2.75) is 19.8 Å². The lowest BCUT2D eigenvalue weighted by Gasteiger charge is -1.94. The molecule has 0 saturated carbocycles. The van der Waals surface area contributed by atoms with Crippen LogP contribution < -0.4 is 0 Å². The van der Waals surface area contributed by atoms with Gasteiger partial charge in [-0.3, -0.25) is 0 Å². The fraction of sp³-hybridized carbons (Fsp3) is 0.375. The van der Waals surface area contributed by atoms with Crippen molar-refractivity contribution in [3.05, 3.63) is 23.2 Å². The summed E-state index contributed by atoms with van der Waals surface area (Å²) in [4.78, 5) is 3.87. The van der Waals surface area contributed by atoms with E-state index in [1.165, 1.54) is 11.0 Å². The van der Waals surface area contributed by atoms with Gasteiger partial charge in [0.15, 0.2) is 5.15 Å². The fourth-order valence-electron chi connectivity index (χ4n) is 1.09. The summed E-state index contributed by atoms with van der Waals surface area (Å²) in [5, 5.41) is 8.65. The molecule has 0 aliphatic carbocycles. The van der Waals surface area contributed by atoms with E-state index in [4.69, 9.17) is 11.6 Å². The van der Waals surface area contributed by atoms with Gasteiger partial charge in [0.1, 0.15) is 11.8 Å². The number of fused-ring (bicyclic) bond motifs is 1. The molecule has 0 radical (unpaired) electrons. The number of rotatable bonds is 1. The molecular formula is C8H9ClN4. The third-order valence-electron chi connectivity index (χ3n) is 1.85. The minimum absolute atomic E-state index is 0.373. The zero-order chi connectivity index (χ0) is 9.42. The zero-order valence-corrected chi connectivity index (χ0v) is 8.15. The van der Waals surface area contributed by atoms with Gasteiger partial charge in [-0.1, -0.05) is 25.4 Å². The number of halogens is 1. The van der Waals surface area contributed by atoms with E-state index >= 15 is 0 Å². The van der Waals surface area contributed by atoms with Gasteiger partial charge in [-0.25, -0.2) is 4.98 Å². The molecule has 0 amide bonds. The van der Waals surface area contributed by atoms with Gasteiger partial charge >= 0.3 is 0 Å². The Hall–Kier alpha value is -1.16. The highest BCUT2D eigenvalue weighted by Crippen LogP contribution is 2.18. The number of hydrogen-bond donors (Lipinski definition) is 0. The van der Waals surface area contributed by atoms with E-state index < -0.39 is 0 Å². The van der Waals surface area contributed by atoms with Gasteiger partial charge in [-0.2, -0.15) is 5.10 Å². The van der Waals surface area contributed by atoms with E-state index in [-0.39, 0.29) is 0 Å². The van der Waals surface area contributed by atoms with Gasteiger partial charge in [0.05, 0.1) is 5.69 Å². The van der Waals surface area contributed by atoms with Crippen molar-refractivity contribution in [2.75, 3.05) is 0 Å². The van der Waals surface area contributed by atoms with Crippen LogP contribution in [0.3, 0.4) is 0 Å². The van der Waals surface area contributed by atoms with E-state index in [9.17, 15) is 0 Å². The van der Waals surface area contributed by atoms with Crippen molar-refractivity contribution < 1.29 is 0 Å². The number of nitrogens with zero attached hydrogens (tertiary/aromatic N) is 4. The topological polar surface area (TPSA) is 43.1 Å². The maximum absolute atomic E-state index is 5.86. The Kier molecular flexibility index (Phi) is 1.92. The largest absolute Gasteiger partial charge is 0.220 e.